The Hall–Kier alpha value is -1.56. The van der Waals surface area contributed by atoms with Crippen LogP contribution in [0.25, 0.3) is 0 Å². The van der Waals surface area contributed by atoms with E-state index < -0.39 is 5.60 Å². The van der Waals surface area contributed by atoms with Gasteiger partial charge in [0.15, 0.2) is 11.5 Å². The fraction of sp³-hybridized carbons (Fsp3) is 0.579. The van der Waals surface area contributed by atoms with Crippen molar-refractivity contribution in [2.24, 2.45) is 0 Å². The van der Waals surface area contributed by atoms with Crippen LogP contribution < -0.4 is 9.47 Å². The Morgan fingerprint density at radius 1 is 1.17 bits per heavy atom. The first-order chi connectivity index (χ1) is 11.5. The quantitative estimate of drug-likeness (QED) is 0.860. The van der Waals surface area contributed by atoms with Gasteiger partial charge in [-0.05, 0) is 36.6 Å². The molecule has 5 heteroatoms. The van der Waals surface area contributed by atoms with E-state index in [0.29, 0.717) is 5.75 Å². The smallest absolute Gasteiger partial charge is 0.161 e. The van der Waals surface area contributed by atoms with Crippen LogP contribution in [0.2, 0.25) is 0 Å². The fourth-order valence-corrected chi connectivity index (χ4v) is 4.81. The van der Waals surface area contributed by atoms with E-state index in [1.165, 1.54) is 11.1 Å². The van der Waals surface area contributed by atoms with Crippen LogP contribution in [0.4, 0.5) is 0 Å². The Labute approximate surface area is 142 Å². The third kappa shape index (κ3) is 2.05. The highest BCUT2D eigenvalue weighted by Gasteiger charge is 2.54. The summed E-state index contributed by atoms with van der Waals surface area (Å²) in [7, 11) is 4.98. The molecule has 0 radical (unpaired) electrons. The summed E-state index contributed by atoms with van der Waals surface area (Å²) in [6, 6.07) is 4.34. The van der Waals surface area contributed by atoms with Crippen molar-refractivity contribution in [2.75, 3.05) is 27.9 Å². The number of nitrogens with zero attached hydrogens (tertiary/aromatic N) is 1. The molecule has 130 valence electrons. The van der Waals surface area contributed by atoms with Crippen LogP contribution in [0.5, 0.6) is 11.5 Å². The molecule has 1 fully saturated rings. The molecular weight excluding hydrogens is 306 g/mol. The number of hydrogen-bond donors (Lipinski definition) is 1. The lowest BCUT2D eigenvalue weighted by molar-refractivity contribution is -0.0963. The Morgan fingerprint density at radius 3 is 2.54 bits per heavy atom. The van der Waals surface area contributed by atoms with E-state index in [1.807, 2.05) is 13.0 Å². The topological polar surface area (TPSA) is 51.2 Å². The number of fused-ring (bicyclic) bond motifs is 2. The highest BCUT2D eigenvalue weighted by molar-refractivity contribution is 5.53. The normalized spacial score (nSPS) is 34.4. The van der Waals surface area contributed by atoms with Crippen molar-refractivity contribution in [3.8, 4) is 11.5 Å². The van der Waals surface area contributed by atoms with Gasteiger partial charge in [-0.25, -0.2) is 0 Å². The second-order valence-electron chi connectivity index (χ2n) is 7.17. The van der Waals surface area contributed by atoms with Crippen molar-refractivity contribution < 1.29 is 19.3 Å². The summed E-state index contributed by atoms with van der Waals surface area (Å²) in [6.07, 6.45) is 2.87. The maximum Gasteiger partial charge on any atom is 0.161 e. The summed E-state index contributed by atoms with van der Waals surface area (Å²) >= 11 is 0. The van der Waals surface area contributed by atoms with Gasteiger partial charge in [0.2, 0.25) is 0 Å². The van der Waals surface area contributed by atoms with Gasteiger partial charge in [-0.2, -0.15) is 0 Å². The standard InChI is InChI=1S/C19H25NO4/c1-19(21)16(24-4)8-11-5-6-20-10-12-7-14(22-2)15(23-3)9-13(12)17(19)18(11)20/h7-9,16-18,21H,5-6,10H2,1-4H3/t16-,17-,18+,19-/m0/s1. The molecule has 24 heavy (non-hydrogen) atoms. The third-order valence-electron chi connectivity index (χ3n) is 5.96. The summed E-state index contributed by atoms with van der Waals surface area (Å²) in [4.78, 5) is 2.46. The molecule has 1 aromatic carbocycles. The van der Waals surface area contributed by atoms with E-state index in [2.05, 4.69) is 17.0 Å². The van der Waals surface area contributed by atoms with Crippen LogP contribution in [-0.4, -0.2) is 55.6 Å². The van der Waals surface area contributed by atoms with Gasteiger partial charge in [0.25, 0.3) is 0 Å². The molecule has 0 spiro atoms. The maximum atomic E-state index is 11.4. The number of aliphatic hydroxyl groups is 1. The molecular formula is C19H25NO4. The maximum absolute atomic E-state index is 11.4. The molecule has 2 aliphatic heterocycles. The van der Waals surface area contributed by atoms with Gasteiger partial charge in [0.1, 0.15) is 11.7 Å². The van der Waals surface area contributed by atoms with Gasteiger partial charge in [0, 0.05) is 32.2 Å². The predicted octanol–water partition coefficient (Wildman–Crippen LogP) is 2.08. The molecule has 0 unspecified atom stereocenters. The van der Waals surface area contributed by atoms with Crippen LogP contribution in [0.15, 0.2) is 23.8 Å². The van der Waals surface area contributed by atoms with Crippen molar-refractivity contribution >= 4 is 0 Å². The van der Waals surface area contributed by atoms with E-state index in [1.54, 1.807) is 21.3 Å². The second-order valence-corrected chi connectivity index (χ2v) is 7.17. The third-order valence-corrected chi connectivity index (χ3v) is 5.96. The minimum absolute atomic E-state index is 0.0338. The minimum atomic E-state index is -0.972. The van der Waals surface area contributed by atoms with Crippen molar-refractivity contribution in [1.82, 2.24) is 4.90 Å². The first kappa shape index (κ1) is 15.9. The summed E-state index contributed by atoms with van der Waals surface area (Å²) in [5.41, 5.74) is 2.76. The molecule has 5 nitrogen and oxygen atoms in total. The molecule has 0 bridgehead atoms. The van der Waals surface area contributed by atoms with Crippen LogP contribution in [0, 0.1) is 0 Å². The lowest BCUT2D eigenvalue weighted by Crippen LogP contribution is -2.57. The van der Waals surface area contributed by atoms with Crippen LogP contribution >= 0.6 is 0 Å². The number of rotatable bonds is 3. The Bertz CT molecular complexity index is 697. The van der Waals surface area contributed by atoms with Crippen molar-refractivity contribution in [3.63, 3.8) is 0 Å². The molecule has 4 rings (SSSR count). The SMILES string of the molecule is COc1cc2c(cc1OC)[C@H]1[C@H]3C(=C[C@H](OC)[C@]1(C)O)CCN3C2. The number of hydrogen-bond acceptors (Lipinski definition) is 5. The Morgan fingerprint density at radius 2 is 1.88 bits per heavy atom. The minimum Gasteiger partial charge on any atom is -0.493 e. The monoisotopic (exact) mass is 331 g/mol. The number of ether oxygens (including phenoxy) is 3. The van der Waals surface area contributed by atoms with E-state index in [0.717, 1.165) is 30.8 Å². The molecule has 3 aliphatic rings. The molecule has 4 atom stereocenters. The average molecular weight is 331 g/mol. The lowest BCUT2D eigenvalue weighted by atomic mass is 9.66. The summed E-state index contributed by atoms with van der Waals surface area (Å²) in [5.74, 6) is 1.42. The van der Waals surface area contributed by atoms with Gasteiger partial charge >= 0.3 is 0 Å². The second kappa shape index (κ2) is 5.48. The van der Waals surface area contributed by atoms with Crippen molar-refractivity contribution in [3.05, 3.63) is 34.9 Å². The van der Waals surface area contributed by atoms with Gasteiger partial charge < -0.3 is 19.3 Å². The first-order valence-electron chi connectivity index (χ1n) is 8.45. The lowest BCUT2D eigenvalue weighted by Gasteiger charge is -2.50. The van der Waals surface area contributed by atoms with Gasteiger partial charge in [-0.15, -0.1) is 0 Å². The van der Waals surface area contributed by atoms with E-state index >= 15 is 0 Å². The molecule has 1 N–H and O–H groups in total. The number of benzene rings is 1. The van der Waals surface area contributed by atoms with Crippen LogP contribution in [-0.2, 0) is 11.3 Å². The zero-order valence-electron chi connectivity index (χ0n) is 14.7. The Kier molecular flexibility index (Phi) is 3.64. The zero-order chi connectivity index (χ0) is 17.1. The van der Waals surface area contributed by atoms with E-state index in [-0.39, 0.29) is 18.1 Å². The molecule has 1 aliphatic carbocycles. The molecule has 0 amide bonds. The van der Waals surface area contributed by atoms with Crippen LogP contribution in [0.1, 0.15) is 30.4 Å². The van der Waals surface area contributed by atoms with Gasteiger partial charge in [0.05, 0.1) is 14.2 Å². The first-order valence-corrected chi connectivity index (χ1v) is 8.45. The van der Waals surface area contributed by atoms with Crippen LogP contribution in [0.3, 0.4) is 0 Å². The van der Waals surface area contributed by atoms with Crippen molar-refractivity contribution in [2.45, 2.75) is 43.6 Å². The Balaban J connectivity index is 1.91. The molecule has 0 saturated carbocycles. The van der Waals surface area contributed by atoms with Crippen molar-refractivity contribution in [1.29, 1.82) is 0 Å². The highest BCUT2D eigenvalue weighted by Crippen LogP contribution is 2.52. The zero-order valence-corrected chi connectivity index (χ0v) is 14.7. The fourth-order valence-electron chi connectivity index (χ4n) is 4.81. The highest BCUT2D eigenvalue weighted by atomic mass is 16.5. The average Bonchev–Trinajstić information content (AvgIpc) is 2.97. The van der Waals surface area contributed by atoms with Gasteiger partial charge in [-0.1, -0.05) is 11.6 Å². The molecule has 0 aromatic heterocycles. The predicted molar refractivity (Wildman–Crippen MR) is 90.6 cm³/mol. The molecule has 2 heterocycles. The van der Waals surface area contributed by atoms with E-state index in [4.69, 9.17) is 14.2 Å². The summed E-state index contributed by atoms with van der Waals surface area (Å²) in [6.45, 7) is 3.79. The van der Waals surface area contributed by atoms with Gasteiger partial charge in [-0.3, -0.25) is 4.90 Å². The van der Waals surface area contributed by atoms with E-state index in [9.17, 15) is 5.11 Å². The summed E-state index contributed by atoms with van der Waals surface area (Å²) < 4.78 is 16.6. The largest absolute Gasteiger partial charge is 0.493 e. The number of methoxy groups -OCH3 is 3. The molecule has 1 saturated heterocycles. The molecule has 1 aromatic rings. The summed E-state index contributed by atoms with van der Waals surface area (Å²) in [5, 5.41) is 11.4.